The number of aryl methyl sites for hydroxylation is 1. The number of aromatic amines is 1. The first-order valence-corrected chi connectivity index (χ1v) is 8.09. The minimum Gasteiger partial charge on any atom is -0.465 e. The number of hydrogen-bond acceptors (Lipinski definition) is 4. The van der Waals surface area contributed by atoms with Crippen LogP contribution in [0.5, 0.6) is 0 Å². The monoisotopic (exact) mass is 346 g/mol. The number of ketones is 1. The van der Waals surface area contributed by atoms with Crippen LogP contribution in [0.25, 0.3) is 0 Å². The van der Waals surface area contributed by atoms with Gasteiger partial charge in [-0.3, -0.25) is 4.79 Å². The first kappa shape index (κ1) is 18.9. The van der Waals surface area contributed by atoms with Gasteiger partial charge < -0.3 is 15.0 Å². The lowest BCUT2D eigenvalue weighted by molar-refractivity contribution is 0.0599. The minimum atomic E-state index is -0.484. The van der Waals surface area contributed by atoms with Crippen molar-refractivity contribution in [2.24, 2.45) is 0 Å². The number of ether oxygens (including phenoxy) is 1. The molecule has 2 aromatic rings. The lowest BCUT2D eigenvalue weighted by atomic mass is 10.0. The molecule has 6 heteroatoms. The van der Waals surface area contributed by atoms with Crippen LogP contribution in [0.2, 0.25) is 0 Å². The van der Waals surface area contributed by atoms with E-state index in [0.29, 0.717) is 22.5 Å². The Labute approximate surface area is 146 Å². The van der Waals surface area contributed by atoms with E-state index in [2.05, 4.69) is 10.3 Å². The fraction of sp³-hybridized carbons (Fsp3) is 0.368. The molecule has 1 aromatic heterocycles. The summed E-state index contributed by atoms with van der Waals surface area (Å²) >= 11 is 0. The Morgan fingerprint density at radius 1 is 1.16 bits per heavy atom. The van der Waals surface area contributed by atoms with Gasteiger partial charge in [-0.1, -0.05) is 12.1 Å². The number of H-pyrrole nitrogens is 1. The van der Waals surface area contributed by atoms with E-state index in [1.807, 2.05) is 6.92 Å². The average Bonchev–Trinajstić information content (AvgIpc) is 2.88. The number of benzene rings is 1. The van der Waals surface area contributed by atoms with Gasteiger partial charge in [0.2, 0.25) is 0 Å². The van der Waals surface area contributed by atoms with Crippen LogP contribution in [0.3, 0.4) is 0 Å². The summed E-state index contributed by atoms with van der Waals surface area (Å²) in [5, 5.41) is 3.20. The smallest absolute Gasteiger partial charge is 0.339 e. The van der Waals surface area contributed by atoms with Crippen molar-refractivity contribution in [2.45, 2.75) is 39.8 Å². The summed E-state index contributed by atoms with van der Waals surface area (Å²) in [7, 11) is 1.31. The molecule has 0 aliphatic heterocycles. The molecule has 0 saturated carbocycles. The number of nitrogens with one attached hydrogen (secondary N) is 2. The van der Waals surface area contributed by atoms with E-state index in [1.165, 1.54) is 19.2 Å². The number of carbonyl (C=O) groups excluding carboxylic acids is 2. The van der Waals surface area contributed by atoms with Gasteiger partial charge in [0.25, 0.3) is 0 Å². The number of aromatic nitrogens is 1. The van der Waals surface area contributed by atoms with Crippen LogP contribution in [0.1, 0.15) is 57.6 Å². The zero-order valence-electron chi connectivity index (χ0n) is 15.1. The van der Waals surface area contributed by atoms with Gasteiger partial charge in [-0.25, -0.2) is 9.18 Å². The topological polar surface area (TPSA) is 71.2 Å². The van der Waals surface area contributed by atoms with Crippen LogP contribution >= 0.6 is 0 Å². The van der Waals surface area contributed by atoms with Gasteiger partial charge in [-0.05, 0) is 51.0 Å². The SMILES string of the molecule is COC(=O)c1c(C)[nH]c(C(=O)[C@H](C)N[C@H](C)c2ccc(F)cc2)c1C. The average molecular weight is 346 g/mol. The molecule has 0 unspecified atom stereocenters. The van der Waals surface area contributed by atoms with E-state index >= 15 is 0 Å². The predicted molar refractivity (Wildman–Crippen MR) is 93.3 cm³/mol. The minimum absolute atomic E-state index is 0.129. The second-order valence-corrected chi connectivity index (χ2v) is 6.14. The molecule has 0 bridgehead atoms. The number of esters is 1. The maximum absolute atomic E-state index is 13.0. The molecule has 0 saturated heterocycles. The summed E-state index contributed by atoms with van der Waals surface area (Å²) in [5.41, 5.74) is 2.86. The van der Waals surface area contributed by atoms with Crippen LogP contribution in [0, 0.1) is 19.7 Å². The molecule has 134 valence electrons. The largest absolute Gasteiger partial charge is 0.465 e. The highest BCUT2D eigenvalue weighted by atomic mass is 19.1. The molecule has 0 spiro atoms. The number of carbonyl (C=O) groups is 2. The van der Waals surface area contributed by atoms with E-state index in [1.54, 1.807) is 32.9 Å². The van der Waals surface area contributed by atoms with Crippen LogP contribution in [0.15, 0.2) is 24.3 Å². The standard InChI is InChI=1S/C19H23FN2O3/c1-10-16(19(24)25-5)12(3)22-17(10)18(23)13(4)21-11(2)14-6-8-15(20)9-7-14/h6-9,11,13,21-22H,1-5H3/t11-,13+/m1/s1. The van der Waals surface area contributed by atoms with Gasteiger partial charge in [0.1, 0.15) is 5.82 Å². The van der Waals surface area contributed by atoms with E-state index < -0.39 is 12.0 Å². The molecule has 2 N–H and O–H groups in total. The van der Waals surface area contributed by atoms with E-state index in [4.69, 9.17) is 4.74 Å². The fourth-order valence-electron chi connectivity index (χ4n) is 2.92. The van der Waals surface area contributed by atoms with Gasteiger partial charge in [0.15, 0.2) is 5.78 Å². The van der Waals surface area contributed by atoms with Crippen LogP contribution < -0.4 is 5.32 Å². The zero-order valence-corrected chi connectivity index (χ0v) is 15.1. The van der Waals surface area contributed by atoms with Crippen molar-refractivity contribution in [1.82, 2.24) is 10.3 Å². The molecule has 2 rings (SSSR count). The van der Waals surface area contributed by atoms with Gasteiger partial charge in [0, 0.05) is 11.7 Å². The summed E-state index contributed by atoms with van der Waals surface area (Å²) in [6.07, 6.45) is 0. The lowest BCUT2D eigenvalue weighted by Crippen LogP contribution is -2.36. The number of halogens is 1. The van der Waals surface area contributed by atoms with Crippen LogP contribution in [0.4, 0.5) is 4.39 Å². The van der Waals surface area contributed by atoms with Crippen molar-refractivity contribution in [1.29, 1.82) is 0 Å². The fourth-order valence-corrected chi connectivity index (χ4v) is 2.92. The van der Waals surface area contributed by atoms with Crippen molar-refractivity contribution in [3.05, 3.63) is 58.2 Å². The second kappa shape index (κ2) is 7.61. The summed E-state index contributed by atoms with van der Waals surface area (Å²) in [4.78, 5) is 27.6. The molecule has 0 amide bonds. The molecule has 1 heterocycles. The molecule has 5 nitrogen and oxygen atoms in total. The third-order valence-electron chi connectivity index (χ3n) is 4.34. The van der Waals surface area contributed by atoms with Gasteiger partial charge >= 0.3 is 5.97 Å². The summed E-state index contributed by atoms with van der Waals surface area (Å²) in [6.45, 7) is 7.12. The Hall–Kier alpha value is -2.47. The number of methoxy groups -OCH3 is 1. The van der Waals surface area contributed by atoms with Crippen molar-refractivity contribution < 1.29 is 18.7 Å². The van der Waals surface area contributed by atoms with Gasteiger partial charge in [-0.2, -0.15) is 0 Å². The maximum atomic E-state index is 13.0. The molecule has 25 heavy (non-hydrogen) atoms. The number of Topliss-reactive ketones (excluding diaryl/α,β-unsaturated/α-hetero) is 1. The van der Waals surface area contributed by atoms with E-state index in [0.717, 1.165) is 5.56 Å². The summed E-state index contributed by atoms with van der Waals surface area (Å²) < 4.78 is 17.8. The van der Waals surface area contributed by atoms with Crippen LogP contribution in [-0.4, -0.2) is 29.9 Å². The predicted octanol–water partition coefficient (Wildman–Crippen LogP) is 3.48. The molecule has 0 aliphatic rings. The maximum Gasteiger partial charge on any atom is 0.339 e. The quantitative estimate of drug-likeness (QED) is 0.620. The first-order valence-electron chi connectivity index (χ1n) is 8.09. The van der Waals surface area contributed by atoms with Crippen LogP contribution in [-0.2, 0) is 4.74 Å². The third kappa shape index (κ3) is 3.96. The van der Waals surface area contributed by atoms with E-state index in [-0.39, 0.29) is 17.6 Å². The Balaban J connectivity index is 2.17. The van der Waals surface area contributed by atoms with Crippen molar-refractivity contribution in [3.8, 4) is 0 Å². The molecular formula is C19H23FN2O3. The highest BCUT2D eigenvalue weighted by Gasteiger charge is 2.26. The normalized spacial score (nSPS) is 13.4. The molecule has 0 aliphatic carbocycles. The summed E-state index contributed by atoms with van der Waals surface area (Å²) in [6, 6.07) is 5.54. The Morgan fingerprint density at radius 3 is 2.32 bits per heavy atom. The van der Waals surface area contributed by atoms with Gasteiger partial charge in [0.05, 0.1) is 24.4 Å². The van der Waals surface area contributed by atoms with Crippen molar-refractivity contribution >= 4 is 11.8 Å². The molecule has 0 radical (unpaired) electrons. The molecule has 0 fully saturated rings. The van der Waals surface area contributed by atoms with Crippen molar-refractivity contribution in [2.75, 3.05) is 7.11 Å². The Bertz CT molecular complexity index is 781. The summed E-state index contributed by atoms with van der Waals surface area (Å²) in [5.74, 6) is -0.914. The second-order valence-electron chi connectivity index (χ2n) is 6.14. The number of rotatable bonds is 6. The third-order valence-corrected chi connectivity index (χ3v) is 4.34. The van der Waals surface area contributed by atoms with Gasteiger partial charge in [-0.15, -0.1) is 0 Å². The van der Waals surface area contributed by atoms with Crippen molar-refractivity contribution in [3.63, 3.8) is 0 Å². The van der Waals surface area contributed by atoms with E-state index in [9.17, 15) is 14.0 Å². The number of hydrogen-bond donors (Lipinski definition) is 2. The Kier molecular flexibility index (Phi) is 5.74. The highest BCUT2D eigenvalue weighted by Crippen LogP contribution is 2.21. The molecular weight excluding hydrogens is 323 g/mol. The lowest BCUT2D eigenvalue weighted by Gasteiger charge is -2.19. The highest BCUT2D eigenvalue weighted by molar-refractivity contribution is 6.03. The Morgan fingerprint density at radius 2 is 1.76 bits per heavy atom. The molecule has 2 atom stereocenters. The first-order chi connectivity index (χ1) is 11.8. The molecule has 1 aromatic carbocycles. The zero-order chi connectivity index (χ0) is 18.7.